The Bertz CT molecular complexity index is 474. The number of quaternary nitrogens is 3. The molecule has 0 bridgehead atoms. The highest BCUT2D eigenvalue weighted by Crippen LogP contribution is 2.04. The first-order valence-corrected chi connectivity index (χ1v) is 9.99. The molecule has 0 spiro atoms. The zero-order valence-corrected chi connectivity index (χ0v) is 15.3. The Morgan fingerprint density at radius 2 is 1.50 bits per heavy atom. The third kappa shape index (κ3) is 4.79. The van der Waals surface area contributed by atoms with Gasteiger partial charge < -0.3 is 19.8 Å². The lowest BCUT2D eigenvalue weighted by Gasteiger charge is -2.37. The number of likely N-dealkylation sites (tertiary alicyclic amines) is 1. The van der Waals surface area contributed by atoms with Gasteiger partial charge in [-0.2, -0.15) is 0 Å². The fourth-order valence-corrected chi connectivity index (χ4v) is 4.53. The maximum atomic E-state index is 9.08. The Labute approximate surface area is 147 Å². The van der Waals surface area contributed by atoms with Gasteiger partial charge in [-0.15, -0.1) is 0 Å². The molecule has 4 N–H and O–H groups in total. The molecule has 0 radical (unpaired) electrons. The molecule has 0 saturated carbocycles. The molecule has 2 fully saturated rings. The number of hydrogen-bond acceptors (Lipinski definition) is 1. The molecule has 0 aromatic heterocycles. The van der Waals surface area contributed by atoms with Gasteiger partial charge in [0.15, 0.2) is 0 Å². The van der Waals surface area contributed by atoms with Gasteiger partial charge in [0.05, 0.1) is 25.7 Å². The van der Waals surface area contributed by atoms with Crippen molar-refractivity contribution in [2.45, 2.75) is 38.8 Å². The van der Waals surface area contributed by atoms with E-state index in [0.29, 0.717) is 6.61 Å². The molecular weight excluding hydrogens is 298 g/mol. The quantitative estimate of drug-likeness (QED) is 0.459. The molecule has 4 nitrogen and oxygen atoms in total. The van der Waals surface area contributed by atoms with E-state index in [1.165, 1.54) is 69.8 Å². The van der Waals surface area contributed by atoms with Gasteiger partial charge >= 0.3 is 0 Å². The van der Waals surface area contributed by atoms with E-state index in [1.54, 1.807) is 9.80 Å². The minimum atomic E-state index is 0.339. The number of hydrogen-bond donors (Lipinski definition) is 4. The van der Waals surface area contributed by atoms with E-state index in [2.05, 4.69) is 31.2 Å². The zero-order valence-electron chi connectivity index (χ0n) is 15.3. The highest BCUT2D eigenvalue weighted by molar-refractivity contribution is 5.21. The minimum Gasteiger partial charge on any atom is -0.391 e. The van der Waals surface area contributed by atoms with Crippen molar-refractivity contribution >= 4 is 0 Å². The first-order valence-electron chi connectivity index (χ1n) is 9.99. The molecule has 0 amide bonds. The average Bonchev–Trinajstić information content (AvgIpc) is 2.64. The fraction of sp³-hybridized carbons (Fsp3) is 0.700. The van der Waals surface area contributed by atoms with Crippen LogP contribution < -0.4 is 14.7 Å². The van der Waals surface area contributed by atoms with Gasteiger partial charge in [0.1, 0.15) is 39.3 Å². The summed E-state index contributed by atoms with van der Waals surface area (Å²) < 4.78 is 0. The Morgan fingerprint density at radius 1 is 0.875 bits per heavy atom. The number of aliphatic hydroxyl groups is 1. The van der Waals surface area contributed by atoms with Crippen molar-refractivity contribution in [2.75, 3.05) is 52.4 Å². The van der Waals surface area contributed by atoms with E-state index < -0.39 is 0 Å². The van der Waals surface area contributed by atoms with Crippen LogP contribution in [-0.4, -0.2) is 63.6 Å². The molecule has 24 heavy (non-hydrogen) atoms. The van der Waals surface area contributed by atoms with Crippen molar-refractivity contribution in [3.8, 4) is 0 Å². The maximum Gasteiger partial charge on any atom is 0.127 e. The van der Waals surface area contributed by atoms with Crippen LogP contribution in [0.5, 0.6) is 0 Å². The second-order valence-electron chi connectivity index (χ2n) is 7.75. The molecule has 1 aromatic rings. The summed E-state index contributed by atoms with van der Waals surface area (Å²) in [7, 11) is 0. The third-order valence-electron chi connectivity index (χ3n) is 6.22. The molecule has 2 heterocycles. The van der Waals surface area contributed by atoms with Gasteiger partial charge in [-0.3, -0.25) is 0 Å². The summed E-state index contributed by atoms with van der Waals surface area (Å²) in [4.78, 5) is 5.20. The van der Waals surface area contributed by atoms with E-state index in [1.807, 2.05) is 4.90 Å². The summed E-state index contributed by atoms with van der Waals surface area (Å²) in [5.41, 5.74) is 2.94. The van der Waals surface area contributed by atoms with Crippen LogP contribution in [0.15, 0.2) is 24.3 Å². The van der Waals surface area contributed by atoms with Crippen LogP contribution in [0.2, 0.25) is 0 Å². The molecule has 2 saturated heterocycles. The molecule has 0 aliphatic carbocycles. The van der Waals surface area contributed by atoms with Crippen molar-refractivity contribution in [3.05, 3.63) is 35.4 Å². The van der Waals surface area contributed by atoms with E-state index >= 15 is 0 Å². The molecule has 4 heteroatoms. The largest absolute Gasteiger partial charge is 0.391 e. The summed E-state index contributed by atoms with van der Waals surface area (Å²) in [5.74, 6) is 0. The van der Waals surface area contributed by atoms with E-state index in [4.69, 9.17) is 5.11 Å². The first-order chi connectivity index (χ1) is 11.8. The number of aryl methyl sites for hydroxylation is 1. The number of nitrogens with one attached hydrogen (secondary N) is 3. The van der Waals surface area contributed by atoms with Crippen molar-refractivity contribution in [1.29, 1.82) is 0 Å². The van der Waals surface area contributed by atoms with E-state index in [9.17, 15) is 0 Å². The second kappa shape index (κ2) is 8.95. The normalized spacial score (nSPS) is 31.1. The lowest BCUT2D eigenvalue weighted by atomic mass is 10.0. The molecule has 3 rings (SSSR count). The van der Waals surface area contributed by atoms with E-state index in [-0.39, 0.29) is 0 Å². The Kier molecular flexibility index (Phi) is 6.67. The average molecular weight is 335 g/mol. The monoisotopic (exact) mass is 334 g/mol. The van der Waals surface area contributed by atoms with Crippen LogP contribution in [0.4, 0.5) is 0 Å². The Hall–Kier alpha value is -0.940. The van der Waals surface area contributed by atoms with Crippen molar-refractivity contribution in [1.82, 2.24) is 0 Å². The topological polar surface area (TPSA) is 33.5 Å². The maximum absolute atomic E-state index is 9.08. The van der Waals surface area contributed by atoms with Crippen LogP contribution in [0, 0.1) is 0 Å². The van der Waals surface area contributed by atoms with E-state index in [0.717, 1.165) is 19.0 Å². The summed E-state index contributed by atoms with van der Waals surface area (Å²) >= 11 is 0. The number of rotatable bonds is 6. The highest BCUT2D eigenvalue weighted by atomic mass is 16.3. The van der Waals surface area contributed by atoms with Gasteiger partial charge in [-0.05, 0) is 12.0 Å². The number of benzene rings is 1. The zero-order chi connectivity index (χ0) is 16.8. The predicted molar refractivity (Wildman–Crippen MR) is 96.6 cm³/mol. The predicted octanol–water partition coefficient (Wildman–Crippen LogP) is -2.43. The van der Waals surface area contributed by atoms with Gasteiger partial charge in [0.2, 0.25) is 0 Å². The van der Waals surface area contributed by atoms with Crippen LogP contribution >= 0.6 is 0 Å². The van der Waals surface area contributed by atoms with Crippen LogP contribution in [0.3, 0.4) is 0 Å². The summed E-state index contributed by atoms with van der Waals surface area (Å²) in [6.45, 7) is 12.4. The number of piperidine rings is 1. The van der Waals surface area contributed by atoms with Gasteiger partial charge in [0.25, 0.3) is 0 Å². The first kappa shape index (κ1) is 17.9. The summed E-state index contributed by atoms with van der Waals surface area (Å²) in [5, 5.41) is 9.08. The molecule has 1 aromatic carbocycles. The van der Waals surface area contributed by atoms with Crippen LogP contribution in [-0.2, 0) is 13.0 Å². The lowest BCUT2D eigenvalue weighted by Crippen LogP contribution is -3.30. The van der Waals surface area contributed by atoms with Gasteiger partial charge in [0, 0.05) is 18.4 Å². The fourth-order valence-electron chi connectivity index (χ4n) is 4.53. The van der Waals surface area contributed by atoms with Crippen LogP contribution in [0.1, 0.15) is 30.9 Å². The highest BCUT2D eigenvalue weighted by Gasteiger charge is 2.33. The molecule has 134 valence electrons. The second-order valence-corrected chi connectivity index (χ2v) is 7.75. The summed E-state index contributed by atoms with van der Waals surface area (Å²) in [6.07, 6.45) is 3.90. The van der Waals surface area contributed by atoms with Gasteiger partial charge in [-0.1, -0.05) is 31.2 Å². The third-order valence-corrected chi connectivity index (χ3v) is 6.22. The Morgan fingerprint density at radius 3 is 2.08 bits per heavy atom. The number of aliphatic hydroxyl groups excluding tert-OH is 1. The molecule has 0 unspecified atom stereocenters. The van der Waals surface area contributed by atoms with Crippen LogP contribution in [0.25, 0.3) is 0 Å². The lowest BCUT2D eigenvalue weighted by molar-refractivity contribution is -1.03. The summed E-state index contributed by atoms with van der Waals surface area (Å²) in [6, 6.07) is 10.1. The van der Waals surface area contributed by atoms with Gasteiger partial charge in [-0.25, -0.2) is 0 Å². The standard InChI is InChI=1S/C20H33N3O/c1-2-18-3-5-19(6-4-18)17-22-9-7-20(8-10-22)23-13-11-21(12-14-23)15-16-24/h3-6,20,24H,2,7-17H2,1H3/p+3. The SMILES string of the molecule is CCc1ccc(C[NH+]2CCC([NH+]3CC[NH+](CCO)CC3)CC2)cc1. The van der Waals surface area contributed by atoms with Crippen molar-refractivity contribution in [3.63, 3.8) is 0 Å². The minimum absolute atomic E-state index is 0.339. The Balaban J connectivity index is 1.41. The molecule has 2 aliphatic rings. The van der Waals surface area contributed by atoms with Crippen molar-refractivity contribution < 1.29 is 19.8 Å². The smallest absolute Gasteiger partial charge is 0.127 e. The molecule has 0 atom stereocenters. The van der Waals surface area contributed by atoms with Crippen molar-refractivity contribution in [2.24, 2.45) is 0 Å². The number of piperazine rings is 1. The molecular formula is C20H36N3O+3. The molecule has 2 aliphatic heterocycles.